The minimum atomic E-state index is 0.313. The number of anilines is 4. The maximum atomic E-state index is 8.63. The van der Waals surface area contributed by atoms with Crippen LogP contribution in [0.25, 0.3) is 10.6 Å². The fraction of sp³-hybridized carbons (Fsp3) is 0.138. The van der Waals surface area contributed by atoms with E-state index in [4.69, 9.17) is 103 Å². The van der Waals surface area contributed by atoms with Crippen molar-refractivity contribution in [2.45, 2.75) is 0 Å². The number of aromatic nitrogens is 6. The third-order valence-corrected chi connectivity index (χ3v) is 14.4. The molecule has 6 aromatic heterocycles. The lowest BCUT2D eigenvalue weighted by molar-refractivity contribution is 0.122. The van der Waals surface area contributed by atoms with Gasteiger partial charge in [0.15, 0.2) is 10.3 Å². The van der Waals surface area contributed by atoms with E-state index in [0.29, 0.717) is 79.7 Å². The van der Waals surface area contributed by atoms with Crippen LogP contribution >= 0.6 is 119 Å². The molecule has 12 rings (SSSR count). The Labute approximate surface area is 535 Å². The number of nitrogens with zero attached hydrogens (tertiary/aromatic N) is 8. The van der Waals surface area contributed by atoms with Crippen molar-refractivity contribution in [2.24, 2.45) is 0 Å². The summed E-state index contributed by atoms with van der Waals surface area (Å²) in [5.74, 6) is 6.33. The largest absolute Gasteiger partial charge is 0.508 e. The highest BCUT2D eigenvalue weighted by Crippen LogP contribution is 2.34. The molecule has 2 aliphatic rings. The smallest absolute Gasteiger partial charge is 0.181 e. The predicted octanol–water partition coefficient (Wildman–Crippen LogP) is 16.8. The van der Waals surface area contributed by atoms with Gasteiger partial charge in [0.05, 0.1) is 47.0 Å². The SMILES string of the molecule is Clc1cc(I)cc(Cl)n1.Clc1cc(Oc2ccccc2)cc(Cl)n1.Clc1cc(Oc2ccccc2)cc(N2CCOCC2)n1.Nc1ncc(-c2cc(Oc3ccccc3)cc(N3CCOCC3)n2)s1.Nc1ncc(Br)s1.Oc1ccccc1. The molecule has 4 aromatic carbocycles. The summed E-state index contributed by atoms with van der Waals surface area (Å²) < 4.78 is 30.1. The average Bonchev–Trinajstić information content (AvgIpc) is 4.14. The van der Waals surface area contributed by atoms with E-state index in [1.165, 1.54) is 22.7 Å². The van der Waals surface area contributed by atoms with Crippen LogP contribution in [-0.4, -0.2) is 87.6 Å². The molecule has 0 aliphatic carbocycles. The van der Waals surface area contributed by atoms with Crippen LogP contribution in [0, 0.1) is 3.57 Å². The summed E-state index contributed by atoms with van der Waals surface area (Å²) in [7, 11) is 0. The topological polar surface area (TPSA) is 202 Å². The van der Waals surface area contributed by atoms with E-state index in [1.807, 2.05) is 115 Å². The molecular weight excluding hydrogens is 1380 g/mol. The zero-order chi connectivity index (χ0) is 58.8. The monoisotopic (exact) mass is 1430 g/mol. The summed E-state index contributed by atoms with van der Waals surface area (Å²) in [5, 5.41) is 11.7. The lowest BCUT2D eigenvalue weighted by Gasteiger charge is -2.28. The van der Waals surface area contributed by atoms with E-state index in [-0.39, 0.29) is 0 Å². The first-order valence-corrected chi connectivity index (χ1v) is 30.3. The lowest BCUT2D eigenvalue weighted by atomic mass is 10.2. The van der Waals surface area contributed by atoms with Crippen molar-refractivity contribution in [3.05, 3.63) is 215 Å². The Morgan fingerprint density at radius 3 is 1.20 bits per heavy atom. The van der Waals surface area contributed by atoms with Crippen LogP contribution < -0.4 is 35.5 Å². The maximum absolute atomic E-state index is 8.63. The first kappa shape index (κ1) is 64.3. The van der Waals surface area contributed by atoms with Gasteiger partial charge in [-0.2, -0.15) is 0 Å². The molecule has 2 saturated heterocycles. The molecule has 0 amide bonds. The second-order valence-electron chi connectivity index (χ2n) is 16.8. The number of halogens is 7. The van der Waals surface area contributed by atoms with Gasteiger partial charge < -0.3 is 50.1 Å². The van der Waals surface area contributed by atoms with Crippen LogP contribution in [0.3, 0.4) is 0 Å². The number of ether oxygens (including phenoxy) is 5. The normalized spacial score (nSPS) is 12.4. The van der Waals surface area contributed by atoms with E-state index in [9.17, 15) is 0 Å². The minimum absolute atomic E-state index is 0.313. The summed E-state index contributed by atoms with van der Waals surface area (Å²) in [5.41, 5.74) is 11.8. The van der Waals surface area contributed by atoms with Crippen molar-refractivity contribution in [1.82, 2.24) is 29.9 Å². The molecule has 430 valence electrons. The molecule has 8 heterocycles. The summed E-state index contributed by atoms with van der Waals surface area (Å²) in [6.07, 6.45) is 3.43. The lowest BCUT2D eigenvalue weighted by Crippen LogP contribution is -2.36. The van der Waals surface area contributed by atoms with Crippen LogP contribution in [0.5, 0.6) is 40.2 Å². The molecule has 0 bridgehead atoms. The molecule has 0 spiro atoms. The van der Waals surface area contributed by atoms with Gasteiger partial charge in [0.1, 0.15) is 77.6 Å². The van der Waals surface area contributed by atoms with E-state index >= 15 is 0 Å². The molecule has 16 nitrogen and oxygen atoms in total. The van der Waals surface area contributed by atoms with Gasteiger partial charge in [-0.05, 0) is 99.2 Å². The summed E-state index contributed by atoms with van der Waals surface area (Å²) >= 11 is 36.8. The number of para-hydroxylation sites is 4. The van der Waals surface area contributed by atoms with Crippen molar-refractivity contribution in [1.29, 1.82) is 0 Å². The Morgan fingerprint density at radius 1 is 0.470 bits per heavy atom. The zero-order valence-electron chi connectivity index (χ0n) is 43.7. The molecular formula is C58H51BrCl5IN10O6S2. The number of benzene rings is 4. The number of nitrogen functional groups attached to an aromatic ring is 2. The Bertz CT molecular complexity index is 3450. The third kappa shape index (κ3) is 23.7. The maximum Gasteiger partial charge on any atom is 0.181 e. The van der Waals surface area contributed by atoms with E-state index in [1.54, 1.807) is 67.0 Å². The quantitative estimate of drug-likeness (QED) is 0.0909. The second kappa shape index (κ2) is 34.5. The van der Waals surface area contributed by atoms with Gasteiger partial charge in [-0.15, -0.1) is 0 Å². The number of nitrogens with two attached hydrogens (primary N) is 2. The summed E-state index contributed by atoms with van der Waals surface area (Å²) in [6.45, 7) is 6.09. The van der Waals surface area contributed by atoms with Gasteiger partial charge in [-0.1, -0.05) is 153 Å². The number of hydrogen-bond donors (Lipinski definition) is 3. The van der Waals surface area contributed by atoms with Crippen LogP contribution in [0.15, 0.2) is 186 Å². The first-order valence-electron chi connectivity index (χ1n) is 24.9. The fourth-order valence-corrected chi connectivity index (χ4v) is 10.7. The molecule has 2 aliphatic heterocycles. The van der Waals surface area contributed by atoms with Crippen molar-refractivity contribution >= 4 is 141 Å². The van der Waals surface area contributed by atoms with Gasteiger partial charge >= 0.3 is 0 Å². The van der Waals surface area contributed by atoms with Gasteiger partial charge in [0.25, 0.3) is 0 Å². The highest BCUT2D eigenvalue weighted by molar-refractivity contribution is 14.1. The summed E-state index contributed by atoms with van der Waals surface area (Å²) in [6, 6.07) is 51.7. The van der Waals surface area contributed by atoms with Gasteiger partial charge in [0, 0.05) is 72.3 Å². The average molecular weight is 1430 g/mol. The Balaban J connectivity index is 0.000000153. The van der Waals surface area contributed by atoms with Crippen molar-refractivity contribution in [2.75, 3.05) is 73.9 Å². The molecule has 0 saturated carbocycles. The highest BCUT2D eigenvalue weighted by Gasteiger charge is 2.18. The molecule has 0 atom stereocenters. The van der Waals surface area contributed by atoms with Gasteiger partial charge in [0.2, 0.25) is 0 Å². The first-order chi connectivity index (χ1) is 40.2. The molecule has 0 unspecified atom stereocenters. The molecule has 2 fully saturated rings. The predicted molar refractivity (Wildman–Crippen MR) is 348 cm³/mol. The van der Waals surface area contributed by atoms with Crippen molar-refractivity contribution in [3.8, 4) is 50.8 Å². The Hall–Kier alpha value is -6.28. The number of thiazole rings is 2. The number of phenols is 1. The van der Waals surface area contributed by atoms with Crippen molar-refractivity contribution in [3.63, 3.8) is 0 Å². The van der Waals surface area contributed by atoms with Crippen LogP contribution in [-0.2, 0) is 9.47 Å². The number of aromatic hydroxyl groups is 1. The number of hydrogen-bond acceptors (Lipinski definition) is 18. The Morgan fingerprint density at radius 2 is 0.843 bits per heavy atom. The van der Waals surface area contributed by atoms with Crippen LogP contribution in [0.1, 0.15) is 0 Å². The Kier molecular flexibility index (Phi) is 26.7. The standard InChI is InChI=1S/C18H18N4O2S.C15H15ClN2O2.C11H7Cl2NO.C6H6O.C5H2Cl2IN.C3H3BrN2S/c19-18-20-12-16(25-18)15-10-14(24-13-4-2-1-3-5-13)11-17(21-15)22-6-8-23-9-7-22;16-14-10-13(20-12-4-2-1-3-5-12)11-15(17-14)18-6-8-19-9-7-18;12-10-6-9(7-11(13)14-10)15-8-4-2-1-3-5-8;7-6-4-2-1-3-5-6;6-4-1-3(8)2-5(7)9-4;4-2-1-6-3(5)7-2/h1-5,10-12H,6-9H2,(H2,19,20);1-5,10-11H,6-9H2;1-7H;1-5,7H;1-2H;1H,(H2,5,6). The number of rotatable bonds is 9. The number of morpholine rings is 2. The van der Waals surface area contributed by atoms with E-state index in [2.05, 4.69) is 73.2 Å². The summed E-state index contributed by atoms with van der Waals surface area (Å²) in [4.78, 5) is 29.9. The zero-order valence-corrected chi connectivity index (χ0v) is 52.8. The molecule has 5 N–H and O–H groups in total. The van der Waals surface area contributed by atoms with Gasteiger partial charge in [-0.25, -0.2) is 29.9 Å². The van der Waals surface area contributed by atoms with Crippen LogP contribution in [0.2, 0.25) is 25.8 Å². The molecule has 25 heteroatoms. The van der Waals surface area contributed by atoms with Crippen molar-refractivity contribution < 1.29 is 28.8 Å². The third-order valence-electron chi connectivity index (χ3n) is 10.6. The van der Waals surface area contributed by atoms with E-state index < -0.39 is 0 Å². The number of phenolic OH excluding ortho intramolecular Hbond substituents is 1. The van der Waals surface area contributed by atoms with E-state index in [0.717, 1.165) is 78.7 Å². The highest BCUT2D eigenvalue weighted by atomic mass is 127. The fourth-order valence-electron chi connectivity index (χ4n) is 7.02. The van der Waals surface area contributed by atoms with Crippen LogP contribution in [0.4, 0.5) is 21.9 Å². The molecule has 83 heavy (non-hydrogen) atoms. The molecule has 0 radical (unpaired) electrons. The number of pyridine rings is 4. The second-order valence-corrected chi connectivity index (χ2v) is 23.4. The minimum Gasteiger partial charge on any atom is -0.508 e. The van der Waals surface area contributed by atoms with Gasteiger partial charge in [-0.3, -0.25) is 0 Å². The molecule has 10 aromatic rings.